The van der Waals surface area contributed by atoms with Gasteiger partial charge in [0.05, 0.1) is 0 Å². The first kappa shape index (κ1) is 18.9. The van der Waals surface area contributed by atoms with Crippen LogP contribution in [0.1, 0.15) is 57.1 Å². The minimum Gasteiger partial charge on any atom is -0.507 e. The van der Waals surface area contributed by atoms with Gasteiger partial charge >= 0.3 is 0 Å². The molecule has 5 nitrogen and oxygen atoms in total. The zero-order chi connectivity index (χ0) is 18.1. The van der Waals surface area contributed by atoms with E-state index in [-0.39, 0.29) is 11.5 Å². The fraction of sp³-hybridized carbons (Fsp3) is 0.400. The Morgan fingerprint density at radius 2 is 1.92 bits per heavy atom. The quantitative estimate of drug-likeness (QED) is 0.364. The smallest absolute Gasteiger partial charge is 0.230 e. The molecule has 5 heteroatoms. The lowest BCUT2D eigenvalue weighted by Gasteiger charge is -2.19. The topological polar surface area (TPSA) is 75.6 Å². The molecule has 0 aliphatic heterocycles. The van der Waals surface area contributed by atoms with Gasteiger partial charge in [-0.3, -0.25) is 9.63 Å². The molecule has 2 rings (SSSR count). The van der Waals surface area contributed by atoms with Crippen LogP contribution in [-0.4, -0.2) is 17.3 Å². The number of amides is 1. The molecule has 2 aromatic carbocycles. The van der Waals surface area contributed by atoms with Crippen LogP contribution in [0.15, 0.2) is 36.4 Å². The maximum Gasteiger partial charge on any atom is 0.230 e. The van der Waals surface area contributed by atoms with Crippen LogP contribution in [-0.2, 0) is 14.4 Å². The number of nitrogens with one attached hydrogen (secondary N) is 1. The van der Waals surface area contributed by atoms with Gasteiger partial charge in [0.2, 0.25) is 6.41 Å². The van der Waals surface area contributed by atoms with E-state index in [4.69, 9.17) is 4.84 Å². The van der Waals surface area contributed by atoms with E-state index >= 15 is 0 Å². The van der Waals surface area contributed by atoms with Crippen molar-refractivity contribution in [3.05, 3.63) is 42.0 Å². The number of carbonyl (C=O) groups is 2. The van der Waals surface area contributed by atoms with Gasteiger partial charge in [0, 0.05) is 17.4 Å². The Bertz CT molecular complexity index is 714. The average molecular weight is 343 g/mol. The molecule has 0 heterocycles. The van der Waals surface area contributed by atoms with Crippen LogP contribution in [0.5, 0.6) is 5.75 Å². The number of hydroxylamine groups is 1. The Morgan fingerprint density at radius 1 is 1.16 bits per heavy atom. The Hall–Kier alpha value is -2.40. The van der Waals surface area contributed by atoms with Crippen LogP contribution >= 0.6 is 0 Å². The number of phenols is 1. The molecule has 1 amide bonds. The molecule has 134 valence electrons. The second kappa shape index (κ2) is 9.79. The lowest BCUT2D eigenvalue weighted by molar-refractivity contribution is -0.126. The highest BCUT2D eigenvalue weighted by Gasteiger charge is 2.18. The van der Waals surface area contributed by atoms with Crippen molar-refractivity contribution in [3.63, 3.8) is 0 Å². The van der Waals surface area contributed by atoms with Crippen molar-refractivity contribution >= 4 is 23.0 Å². The van der Waals surface area contributed by atoms with Crippen LogP contribution in [0.25, 0.3) is 10.8 Å². The van der Waals surface area contributed by atoms with Crippen molar-refractivity contribution in [2.75, 3.05) is 0 Å². The molecule has 25 heavy (non-hydrogen) atoms. The summed E-state index contributed by atoms with van der Waals surface area (Å²) in [6.45, 7) is 1.61. The third-order valence-corrected chi connectivity index (χ3v) is 4.28. The number of Topliss-reactive ketones (excluding diaryl/α,β-unsaturated/α-hetero) is 1. The Balaban J connectivity index is 2.02. The van der Waals surface area contributed by atoms with E-state index in [1.807, 2.05) is 36.4 Å². The van der Waals surface area contributed by atoms with Crippen molar-refractivity contribution < 1.29 is 19.5 Å². The standard InChI is InChI=1S/C20H25NO4/c1-15(23)8-4-2-3-5-11-19(25-21-14-22)18-13-12-16-9-6-7-10-17(16)20(18)24/h6-7,9-10,12-14,19,24H,2-5,8,11H2,1H3,(H,21,22). The summed E-state index contributed by atoms with van der Waals surface area (Å²) in [4.78, 5) is 26.9. The first-order valence-corrected chi connectivity index (χ1v) is 8.68. The van der Waals surface area contributed by atoms with Crippen LogP contribution in [0, 0.1) is 0 Å². The van der Waals surface area contributed by atoms with Gasteiger partial charge in [-0.2, -0.15) is 0 Å². The molecular weight excluding hydrogens is 318 g/mol. The lowest BCUT2D eigenvalue weighted by atomic mass is 9.98. The lowest BCUT2D eigenvalue weighted by Crippen LogP contribution is -2.17. The van der Waals surface area contributed by atoms with Crippen LogP contribution < -0.4 is 5.48 Å². The van der Waals surface area contributed by atoms with E-state index in [0.29, 0.717) is 24.8 Å². The fourth-order valence-corrected chi connectivity index (χ4v) is 2.98. The van der Waals surface area contributed by atoms with Crippen molar-refractivity contribution in [1.82, 2.24) is 5.48 Å². The number of carbonyl (C=O) groups excluding carboxylic acids is 2. The molecule has 0 fully saturated rings. The van der Waals surface area contributed by atoms with Crippen molar-refractivity contribution in [2.24, 2.45) is 0 Å². The second-order valence-electron chi connectivity index (χ2n) is 6.22. The van der Waals surface area contributed by atoms with E-state index in [9.17, 15) is 14.7 Å². The molecule has 0 saturated carbocycles. The molecule has 0 saturated heterocycles. The number of hydrogen-bond donors (Lipinski definition) is 2. The summed E-state index contributed by atoms with van der Waals surface area (Å²) >= 11 is 0. The zero-order valence-corrected chi connectivity index (χ0v) is 14.5. The highest BCUT2D eigenvalue weighted by molar-refractivity contribution is 5.89. The monoisotopic (exact) mass is 343 g/mol. The number of rotatable bonds is 11. The van der Waals surface area contributed by atoms with Gasteiger partial charge in [0.1, 0.15) is 17.6 Å². The summed E-state index contributed by atoms with van der Waals surface area (Å²) in [7, 11) is 0. The molecule has 2 aromatic rings. The summed E-state index contributed by atoms with van der Waals surface area (Å²) in [6, 6.07) is 11.4. The second-order valence-corrected chi connectivity index (χ2v) is 6.22. The SMILES string of the molecule is CC(=O)CCCCCCC(ONC=O)c1ccc2ccccc2c1O. The fourth-order valence-electron chi connectivity index (χ4n) is 2.98. The summed E-state index contributed by atoms with van der Waals surface area (Å²) in [6.07, 6.45) is 5.11. The van der Waals surface area contributed by atoms with Gasteiger partial charge in [0.25, 0.3) is 0 Å². The average Bonchev–Trinajstić information content (AvgIpc) is 2.61. The third kappa shape index (κ3) is 5.57. The third-order valence-electron chi connectivity index (χ3n) is 4.28. The highest BCUT2D eigenvalue weighted by Crippen LogP contribution is 2.35. The molecule has 1 atom stereocenters. The number of aromatic hydroxyl groups is 1. The minimum absolute atomic E-state index is 0.187. The Kier molecular flexibility index (Phi) is 7.41. The molecule has 0 aliphatic carbocycles. The van der Waals surface area contributed by atoms with E-state index in [1.54, 1.807) is 6.92 Å². The maximum absolute atomic E-state index is 10.9. The van der Waals surface area contributed by atoms with Gasteiger partial charge in [-0.05, 0) is 25.2 Å². The van der Waals surface area contributed by atoms with Crippen molar-refractivity contribution in [2.45, 2.75) is 51.6 Å². The molecule has 2 N–H and O–H groups in total. The number of unbranched alkanes of at least 4 members (excludes halogenated alkanes) is 3. The van der Waals surface area contributed by atoms with Crippen LogP contribution in [0.2, 0.25) is 0 Å². The minimum atomic E-state index is -0.414. The molecular formula is C20H25NO4. The largest absolute Gasteiger partial charge is 0.507 e. The molecule has 0 spiro atoms. The van der Waals surface area contributed by atoms with E-state index in [0.717, 1.165) is 36.5 Å². The predicted molar refractivity (Wildman–Crippen MR) is 97.0 cm³/mol. The number of benzene rings is 2. The normalized spacial score (nSPS) is 12.0. The molecule has 0 aromatic heterocycles. The van der Waals surface area contributed by atoms with E-state index in [1.165, 1.54) is 0 Å². The summed E-state index contributed by atoms with van der Waals surface area (Å²) < 4.78 is 0. The van der Waals surface area contributed by atoms with Crippen molar-refractivity contribution in [1.29, 1.82) is 0 Å². The van der Waals surface area contributed by atoms with Gasteiger partial charge < -0.3 is 9.90 Å². The number of hydrogen-bond acceptors (Lipinski definition) is 4. The number of phenolic OH excluding ortho intramolecular Hbond substituents is 1. The van der Waals surface area contributed by atoms with Crippen molar-refractivity contribution in [3.8, 4) is 5.75 Å². The van der Waals surface area contributed by atoms with Gasteiger partial charge in [-0.1, -0.05) is 55.7 Å². The number of fused-ring (bicyclic) bond motifs is 1. The van der Waals surface area contributed by atoms with Gasteiger partial charge in [-0.25, -0.2) is 5.48 Å². The molecule has 1 unspecified atom stereocenters. The van der Waals surface area contributed by atoms with Crippen LogP contribution in [0.4, 0.5) is 0 Å². The van der Waals surface area contributed by atoms with Gasteiger partial charge in [-0.15, -0.1) is 0 Å². The Labute approximate surface area is 147 Å². The van der Waals surface area contributed by atoms with Gasteiger partial charge in [0.15, 0.2) is 0 Å². The molecule has 0 aliphatic rings. The maximum atomic E-state index is 10.9. The number of ketones is 1. The summed E-state index contributed by atoms with van der Waals surface area (Å²) in [5, 5.41) is 12.3. The molecule has 0 bridgehead atoms. The predicted octanol–water partition coefficient (Wildman–Crippen LogP) is 4.19. The van der Waals surface area contributed by atoms with Crippen LogP contribution in [0.3, 0.4) is 0 Å². The Morgan fingerprint density at radius 3 is 2.68 bits per heavy atom. The first-order valence-electron chi connectivity index (χ1n) is 8.68. The zero-order valence-electron chi connectivity index (χ0n) is 14.5. The highest BCUT2D eigenvalue weighted by atomic mass is 16.7. The molecule has 0 radical (unpaired) electrons. The van der Waals surface area contributed by atoms with E-state index in [2.05, 4.69) is 5.48 Å². The summed E-state index contributed by atoms with van der Waals surface area (Å²) in [5.74, 6) is 0.407. The summed E-state index contributed by atoms with van der Waals surface area (Å²) in [5.41, 5.74) is 2.92. The first-order chi connectivity index (χ1) is 12.1. The van der Waals surface area contributed by atoms with E-state index < -0.39 is 6.10 Å².